The van der Waals surface area contributed by atoms with Gasteiger partial charge in [-0.25, -0.2) is 0 Å². The minimum absolute atomic E-state index is 0.745. The Hall–Kier alpha value is -2.42. The molecule has 2 heteroatoms. The van der Waals surface area contributed by atoms with E-state index in [1.54, 1.807) is 0 Å². The van der Waals surface area contributed by atoms with Gasteiger partial charge < -0.3 is 5.73 Å². The molecule has 2 N–H and O–H groups in total. The summed E-state index contributed by atoms with van der Waals surface area (Å²) in [6.45, 7) is 4.04. The molecule has 4 rings (SSSR count). The fourth-order valence-corrected chi connectivity index (χ4v) is 4.73. The summed E-state index contributed by atoms with van der Waals surface area (Å²) in [4.78, 5) is 2.64. The molecule has 0 radical (unpaired) electrons. The highest BCUT2D eigenvalue weighted by atomic mass is 15.1. The Morgan fingerprint density at radius 2 is 1.10 bits per heavy atom. The first kappa shape index (κ1) is 20.8. The second kappa shape index (κ2) is 10.6. The van der Waals surface area contributed by atoms with Crippen molar-refractivity contribution in [2.45, 2.75) is 38.8 Å². The van der Waals surface area contributed by atoms with Crippen LogP contribution in [0.5, 0.6) is 0 Å². The van der Waals surface area contributed by atoms with Crippen molar-refractivity contribution in [3.63, 3.8) is 0 Å². The summed E-state index contributed by atoms with van der Waals surface area (Å²) in [7, 11) is 0. The third-order valence-corrected chi connectivity index (χ3v) is 6.53. The summed E-state index contributed by atoms with van der Waals surface area (Å²) in [5, 5.41) is 0. The molecule has 0 amide bonds. The van der Waals surface area contributed by atoms with Crippen LogP contribution in [0.1, 0.15) is 36.8 Å². The summed E-state index contributed by atoms with van der Waals surface area (Å²) in [6.07, 6.45) is 5.23. The van der Waals surface area contributed by atoms with Gasteiger partial charge in [0.25, 0.3) is 0 Å². The maximum atomic E-state index is 5.90. The van der Waals surface area contributed by atoms with E-state index >= 15 is 0 Å². The van der Waals surface area contributed by atoms with Crippen molar-refractivity contribution in [1.82, 2.24) is 4.90 Å². The third-order valence-electron chi connectivity index (χ3n) is 6.53. The molecule has 2 nitrogen and oxygen atoms in total. The molecule has 1 aliphatic carbocycles. The second-order valence-corrected chi connectivity index (χ2v) is 8.84. The van der Waals surface area contributed by atoms with Crippen LogP contribution in [0.15, 0.2) is 84.9 Å². The molecule has 3 aromatic rings. The molecule has 1 aliphatic rings. The normalized spacial score (nSPS) is 19.1. The lowest BCUT2D eigenvalue weighted by Crippen LogP contribution is -2.32. The molecule has 0 saturated heterocycles. The molecule has 0 spiro atoms. The zero-order chi connectivity index (χ0) is 20.6. The van der Waals surface area contributed by atoms with Crippen molar-refractivity contribution >= 4 is 0 Å². The summed E-state index contributed by atoms with van der Waals surface area (Å²) >= 11 is 0. The zero-order valence-electron chi connectivity index (χ0n) is 17.9. The molecule has 0 aliphatic heterocycles. The SMILES string of the molecule is NCC1CCC(CN(Cc2ccccc2)Cc2ccc(-c3ccccc3)cc2)CC1. The molecule has 30 heavy (non-hydrogen) atoms. The second-order valence-electron chi connectivity index (χ2n) is 8.84. The molecule has 0 unspecified atom stereocenters. The Labute approximate surface area is 181 Å². The Bertz CT molecular complexity index is 866. The zero-order valence-corrected chi connectivity index (χ0v) is 17.9. The molecule has 3 aromatic carbocycles. The first-order valence-corrected chi connectivity index (χ1v) is 11.4. The van der Waals surface area contributed by atoms with Gasteiger partial charge >= 0.3 is 0 Å². The highest BCUT2D eigenvalue weighted by Gasteiger charge is 2.22. The molecule has 156 valence electrons. The van der Waals surface area contributed by atoms with E-state index in [1.807, 2.05) is 0 Å². The third kappa shape index (κ3) is 5.81. The van der Waals surface area contributed by atoms with Crippen molar-refractivity contribution in [2.24, 2.45) is 17.6 Å². The van der Waals surface area contributed by atoms with E-state index in [0.717, 1.165) is 31.5 Å². The molecule has 1 fully saturated rings. The molecule has 0 bridgehead atoms. The van der Waals surface area contributed by atoms with Crippen LogP contribution in [-0.4, -0.2) is 18.0 Å². The van der Waals surface area contributed by atoms with E-state index in [2.05, 4.69) is 89.8 Å². The van der Waals surface area contributed by atoms with E-state index in [4.69, 9.17) is 5.73 Å². The Morgan fingerprint density at radius 1 is 0.600 bits per heavy atom. The van der Waals surface area contributed by atoms with Crippen molar-refractivity contribution in [2.75, 3.05) is 13.1 Å². The van der Waals surface area contributed by atoms with Gasteiger partial charge in [-0.15, -0.1) is 0 Å². The Morgan fingerprint density at radius 3 is 1.70 bits per heavy atom. The van der Waals surface area contributed by atoms with Crippen LogP contribution in [0.25, 0.3) is 11.1 Å². The Kier molecular flexibility index (Phi) is 7.34. The summed E-state index contributed by atoms with van der Waals surface area (Å²) < 4.78 is 0. The fraction of sp³-hybridized carbons (Fsp3) is 0.357. The lowest BCUT2D eigenvalue weighted by atomic mass is 9.82. The van der Waals surface area contributed by atoms with Crippen molar-refractivity contribution < 1.29 is 0 Å². The summed E-state index contributed by atoms with van der Waals surface area (Å²) in [6, 6.07) is 30.6. The predicted molar refractivity (Wildman–Crippen MR) is 127 cm³/mol. The van der Waals surface area contributed by atoms with Crippen LogP contribution in [0, 0.1) is 11.8 Å². The van der Waals surface area contributed by atoms with Gasteiger partial charge in [0, 0.05) is 19.6 Å². The number of nitrogens with two attached hydrogens (primary N) is 1. The molecule has 0 aromatic heterocycles. The van der Waals surface area contributed by atoms with Gasteiger partial charge in [0.15, 0.2) is 0 Å². The van der Waals surface area contributed by atoms with Gasteiger partial charge in [-0.1, -0.05) is 84.9 Å². The fourth-order valence-electron chi connectivity index (χ4n) is 4.73. The van der Waals surface area contributed by atoms with E-state index < -0.39 is 0 Å². The molecular formula is C28H34N2. The van der Waals surface area contributed by atoms with Crippen LogP contribution in [-0.2, 0) is 13.1 Å². The highest BCUT2D eigenvalue weighted by Crippen LogP contribution is 2.29. The predicted octanol–water partition coefficient (Wildman–Crippen LogP) is 6.12. The van der Waals surface area contributed by atoms with E-state index in [-0.39, 0.29) is 0 Å². The minimum atomic E-state index is 0.745. The highest BCUT2D eigenvalue weighted by molar-refractivity contribution is 5.63. The quantitative estimate of drug-likeness (QED) is 0.495. The van der Waals surface area contributed by atoms with Crippen LogP contribution in [0.2, 0.25) is 0 Å². The lowest BCUT2D eigenvalue weighted by molar-refractivity contribution is 0.170. The number of nitrogens with zero attached hydrogens (tertiary/aromatic N) is 1. The van der Waals surface area contributed by atoms with Crippen molar-refractivity contribution in [1.29, 1.82) is 0 Å². The van der Waals surface area contributed by atoms with Crippen LogP contribution in [0.3, 0.4) is 0 Å². The van der Waals surface area contributed by atoms with Gasteiger partial charge in [0.1, 0.15) is 0 Å². The van der Waals surface area contributed by atoms with Crippen molar-refractivity contribution in [3.8, 4) is 11.1 Å². The monoisotopic (exact) mass is 398 g/mol. The van der Waals surface area contributed by atoms with Crippen LogP contribution >= 0.6 is 0 Å². The van der Waals surface area contributed by atoms with Gasteiger partial charge in [0.2, 0.25) is 0 Å². The smallest absolute Gasteiger partial charge is 0.0237 e. The Balaban J connectivity index is 1.44. The lowest BCUT2D eigenvalue weighted by Gasteiger charge is -2.32. The standard InChI is InChI=1S/C28H34N2/c29-19-23-11-13-25(14-12-23)21-30(20-24-7-3-1-4-8-24)22-26-15-17-28(18-16-26)27-9-5-2-6-10-27/h1-10,15-18,23,25H,11-14,19-22,29H2. The first-order valence-electron chi connectivity index (χ1n) is 11.4. The molecule has 0 atom stereocenters. The molecule has 0 heterocycles. The number of rotatable bonds is 8. The maximum Gasteiger partial charge on any atom is 0.0237 e. The number of hydrogen-bond acceptors (Lipinski definition) is 2. The summed E-state index contributed by atoms with van der Waals surface area (Å²) in [5.74, 6) is 1.54. The van der Waals surface area contributed by atoms with Crippen LogP contribution < -0.4 is 5.73 Å². The molecular weight excluding hydrogens is 364 g/mol. The summed E-state index contributed by atoms with van der Waals surface area (Å²) in [5.41, 5.74) is 11.3. The first-order chi connectivity index (χ1) is 14.8. The largest absolute Gasteiger partial charge is 0.330 e. The average Bonchev–Trinajstić information content (AvgIpc) is 2.81. The topological polar surface area (TPSA) is 29.3 Å². The number of hydrogen-bond donors (Lipinski definition) is 1. The average molecular weight is 399 g/mol. The van der Waals surface area contributed by atoms with Gasteiger partial charge in [0.05, 0.1) is 0 Å². The van der Waals surface area contributed by atoms with Crippen LogP contribution in [0.4, 0.5) is 0 Å². The molecule has 1 saturated carbocycles. The van der Waals surface area contributed by atoms with Gasteiger partial charge in [-0.3, -0.25) is 4.90 Å². The number of benzene rings is 3. The van der Waals surface area contributed by atoms with Gasteiger partial charge in [-0.2, -0.15) is 0 Å². The van der Waals surface area contributed by atoms with E-state index in [9.17, 15) is 0 Å². The maximum absolute atomic E-state index is 5.90. The van der Waals surface area contributed by atoms with Crippen molar-refractivity contribution in [3.05, 3.63) is 96.1 Å². The van der Waals surface area contributed by atoms with E-state index in [0.29, 0.717) is 0 Å². The minimum Gasteiger partial charge on any atom is -0.330 e. The van der Waals surface area contributed by atoms with Gasteiger partial charge in [-0.05, 0) is 66.3 Å². The van der Waals surface area contributed by atoms with E-state index in [1.165, 1.54) is 54.5 Å².